The molecular formula is C22H22FN3O3S. The zero-order valence-corrected chi connectivity index (χ0v) is 17.7. The first-order valence-electron chi connectivity index (χ1n) is 9.66. The number of carbonyl (C=O) groups excluding carboxylic acids is 1. The predicted molar refractivity (Wildman–Crippen MR) is 115 cm³/mol. The molecule has 8 heteroatoms. The van der Waals surface area contributed by atoms with Gasteiger partial charge in [0.25, 0.3) is 0 Å². The first-order valence-corrected chi connectivity index (χ1v) is 10.6. The normalized spacial score (nSPS) is 18.5. The first-order chi connectivity index (χ1) is 14.4. The van der Waals surface area contributed by atoms with Gasteiger partial charge in [-0.1, -0.05) is 6.07 Å². The number of aromatic nitrogens is 2. The molecule has 4 rings (SSSR count). The Hall–Kier alpha value is -3.00. The van der Waals surface area contributed by atoms with Gasteiger partial charge in [0.15, 0.2) is 11.5 Å². The topological polar surface area (TPSA) is 76.4 Å². The monoisotopic (exact) mass is 427 g/mol. The second kappa shape index (κ2) is 8.02. The van der Waals surface area contributed by atoms with E-state index in [1.165, 1.54) is 23.9 Å². The molecule has 0 fully saturated rings. The Bertz CT molecular complexity index is 1100. The van der Waals surface area contributed by atoms with E-state index in [1.807, 2.05) is 26.8 Å². The van der Waals surface area contributed by atoms with Crippen LogP contribution in [0.1, 0.15) is 35.9 Å². The standard InChI is InChI=1S/C22H22FN3O3S/c1-4-29-18-11-14(5-10-17(18)27)20-19-12(2)25-26(16-8-6-15(23)7-9-16)21(19)24-22(28)13(3)30-20/h5-11,13,20,27H,4H2,1-3H3,(H,24,28)/t13-,20-/m1/s1. The van der Waals surface area contributed by atoms with E-state index in [-0.39, 0.29) is 28.0 Å². The van der Waals surface area contributed by atoms with Crippen LogP contribution in [0.3, 0.4) is 0 Å². The smallest absolute Gasteiger partial charge is 0.238 e. The molecule has 0 bridgehead atoms. The van der Waals surface area contributed by atoms with Crippen LogP contribution in [0, 0.1) is 12.7 Å². The molecule has 3 aromatic rings. The van der Waals surface area contributed by atoms with Crippen molar-refractivity contribution in [1.29, 1.82) is 0 Å². The molecule has 156 valence electrons. The lowest BCUT2D eigenvalue weighted by molar-refractivity contribution is -0.115. The number of hydrogen-bond acceptors (Lipinski definition) is 5. The number of aromatic hydroxyl groups is 1. The predicted octanol–water partition coefficient (Wildman–Crippen LogP) is 4.59. The van der Waals surface area contributed by atoms with E-state index in [0.717, 1.165) is 16.8 Å². The number of amides is 1. The molecule has 0 aliphatic carbocycles. The van der Waals surface area contributed by atoms with Gasteiger partial charge in [0.2, 0.25) is 5.91 Å². The van der Waals surface area contributed by atoms with Gasteiger partial charge in [-0.05, 0) is 62.7 Å². The maximum Gasteiger partial charge on any atom is 0.238 e. The highest BCUT2D eigenvalue weighted by Crippen LogP contribution is 2.47. The molecular weight excluding hydrogens is 405 g/mol. The number of halogens is 1. The fourth-order valence-corrected chi connectivity index (χ4v) is 4.82. The summed E-state index contributed by atoms with van der Waals surface area (Å²) in [6.07, 6.45) is 0. The number of phenolic OH excluding ortho intramolecular Hbond substituents is 1. The van der Waals surface area contributed by atoms with Gasteiger partial charge in [-0.15, -0.1) is 11.8 Å². The number of aryl methyl sites for hydroxylation is 1. The molecule has 2 aromatic carbocycles. The molecule has 0 spiro atoms. The molecule has 2 atom stereocenters. The van der Waals surface area contributed by atoms with Crippen LogP contribution in [0.2, 0.25) is 0 Å². The number of phenols is 1. The molecule has 2 heterocycles. The summed E-state index contributed by atoms with van der Waals surface area (Å²) >= 11 is 1.51. The Morgan fingerprint density at radius 3 is 2.70 bits per heavy atom. The van der Waals surface area contributed by atoms with Gasteiger partial charge in [0, 0.05) is 5.56 Å². The number of carbonyl (C=O) groups is 1. The number of benzene rings is 2. The minimum absolute atomic E-state index is 0.0698. The van der Waals surface area contributed by atoms with Gasteiger partial charge in [-0.3, -0.25) is 4.79 Å². The van der Waals surface area contributed by atoms with Crippen LogP contribution in [0.15, 0.2) is 42.5 Å². The molecule has 6 nitrogen and oxygen atoms in total. The molecule has 30 heavy (non-hydrogen) atoms. The molecule has 1 aromatic heterocycles. The van der Waals surface area contributed by atoms with E-state index in [1.54, 1.807) is 28.9 Å². The third-order valence-electron chi connectivity index (χ3n) is 4.98. The van der Waals surface area contributed by atoms with Gasteiger partial charge < -0.3 is 15.2 Å². The van der Waals surface area contributed by atoms with Crippen molar-refractivity contribution in [3.63, 3.8) is 0 Å². The lowest BCUT2D eigenvalue weighted by Crippen LogP contribution is -2.22. The van der Waals surface area contributed by atoms with E-state index >= 15 is 0 Å². The number of thioether (sulfide) groups is 1. The summed E-state index contributed by atoms with van der Waals surface area (Å²) in [5, 5.41) is 17.2. The number of nitrogens with one attached hydrogen (secondary N) is 1. The van der Waals surface area contributed by atoms with Gasteiger partial charge in [-0.25, -0.2) is 9.07 Å². The quantitative estimate of drug-likeness (QED) is 0.637. The third kappa shape index (κ3) is 3.63. The second-order valence-corrected chi connectivity index (χ2v) is 8.49. The van der Waals surface area contributed by atoms with Gasteiger partial charge in [-0.2, -0.15) is 5.10 Å². The molecule has 0 saturated heterocycles. The molecule has 0 saturated carbocycles. The maximum absolute atomic E-state index is 13.4. The SMILES string of the molecule is CCOc1cc([C@H]2S[C@H](C)C(=O)Nc3c2c(C)nn3-c2ccc(F)cc2)ccc1O. The van der Waals surface area contributed by atoms with E-state index in [2.05, 4.69) is 10.4 Å². The van der Waals surface area contributed by atoms with Crippen LogP contribution in [-0.2, 0) is 4.79 Å². The number of nitrogens with zero attached hydrogens (tertiary/aromatic N) is 2. The molecule has 0 unspecified atom stereocenters. The van der Waals surface area contributed by atoms with Crippen molar-refractivity contribution >= 4 is 23.5 Å². The van der Waals surface area contributed by atoms with E-state index < -0.39 is 0 Å². The Morgan fingerprint density at radius 2 is 2.00 bits per heavy atom. The fraction of sp³-hybridized carbons (Fsp3) is 0.273. The van der Waals surface area contributed by atoms with Crippen molar-refractivity contribution in [2.45, 2.75) is 31.3 Å². The van der Waals surface area contributed by atoms with Gasteiger partial charge in [0.05, 0.1) is 28.5 Å². The second-order valence-electron chi connectivity index (χ2n) is 7.04. The highest BCUT2D eigenvalue weighted by atomic mass is 32.2. The molecule has 1 aliphatic rings. The fourth-order valence-electron chi connectivity index (χ4n) is 3.51. The number of ether oxygens (including phenoxy) is 1. The Balaban J connectivity index is 1.88. The Labute approximate surface area is 178 Å². The summed E-state index contributed by atoms with van der Waals surface area (Å²) in [6, 6.07) is 11.2. The van der Waals surface area contributed by atoms with Crippen LogP contribution in [0.4, 0.5) is 10.2 Å². The minimum atomic E-state index is -0.340. The van der Waals surface area contributed by atoms with E-state index in [4.69, 9.17) is 4.74 Å². The highest BCUT2D eigenvalue weighted by molar-refractivity contribution is 8.01. The lowest BCUT2D eigenvalue weighted by atomic mass is 10.0. The molecule has 1 aliphatic heterocycles. The van der Waals surface area contributed by atoms with Crippen molar-refractivity contribution < 1.29 is 19.0 Å². The summed E-state index contributed by atoms with van der Waals surface area (Å²) in [6.45, 7) is 6.02. The number of fused-ring (bicyclic) bond motifs is 1. The lowest BCUT2D eigenvalue weighted by Gasteiger charge is -2.19. The van der Waals surface area contributed by atoms with Crippen molar-refractivity contribution in [2.24, 2.45) is 0 Å². The maximum atomic E-state index is 13.4. The van der Waals surface area contributed by atoms with Gasteiger partial charge >= 0.3 is 0 Å². The van der Waals surface area contributed by atoms with Crippen LogP contribution < -0.4 is 10.1 Å². The Morgan fingerprint density at radius 1 is 1.27 bits per heavy atom. The van der Waals surface area contributed by atoms with Crippen molar-refractivity contribution in [2.75, 3.05) is 11.9 Å². The van der Waals surface area contributed by atoms with E-state index in [0.29, 0.717) is 23.9 Å². The number of anilines is 1. The molecule has 2 N–H and O–H groups in total. The van der Waals surface area contributed by atoms with Crippen LogP contribution >= 0.6 is 11.8 Å². The van der Waals surface area contributed by atoms with E-state index in [9.17, 15) is 14.3 Å². The zero-order chi connectivity index (χ0) is 21.4. The summed E-state index contributed by atoms with van der Waals surface area (Å²) in [5.41, 5.74) is 3.18. The largest absolute Gasteiger partial charge is 0.504 e. The summed E-state index contributed by atoms with van der Waals surface area (Å²) in [5.74, 6) is 0.567. The van der Waals surface area contributed by atoms with Crippen molar-refractivity contribution in [3.05, 3.63) is 65.1 Å². The van der Waals surface area contributed by atoms with Crippen molar-refractivity contribution in [1.82, 2.24) is 9.78 Å². The first kappa shape index (κ1) is 20.3. The zero-order valence-electron chi connectivity index (χ0n) is 16.8. The van der Waals surface area contributed by atoms with Crippen LogP contribution in [-0.4, -0.2) is 32.7 Å². The number of rotatable bonds is 4. The highest BCUT2D eigenvalue weighted by Gasteiger charge is 2.34. The summed E-state index contributed by atoms with van der Waals surface area (Å²) < 4.78 is 20.6. The average Bonchev–Trinajstić information content (AvgIpc) is 2.96. The summed E-state index contributed by atoms with van der Waals surface area (Å²) in [4.78, 5) is 12.7. The molecule has 0 radical (unpaired) electrons. The third-order valence-corrected chi connectivity index (χ3v) is 6.38. The number of hydrogen-bond donors (Lipinski definition) is 2. The average molecular weight is 428 g/mol. The van der Waals surface area contributed by atoms with Gasteiger partial charge in [0.1, 0.15) is 11.6 Å². The Kier molecular flexibility index (Phi) is 5.42. The van der Waals surface area contributed by atoms with Crippen molar-refractivity contribution in [3.8, 4) is 17.2 Å². The summed E-state index contributed by atoms with van der Waals surface area (Å²) in [7, 11) is 0. The molecule has 1 amide bonds. The minimum Gasteiger partial charge on any atom is -0.504 e. The van der Waals surface area contributed by atoms with Crippen LogP contribution in [0.25, 0.3) is 5.69 Å². The van der Waals surface area contributed by atoms with Crippen LogP contribution in [0.5, 0.6) is 11.5 Å².